The second kappa shape index (κ2) is 11.8. The summed E-state index contributed by atoms with van der Waals surface area (Å²) in [6, 6.07) is 16.9. The highest BCUT2D eigenvalue weighted by Crippen LogP contribution is 2.14. The number of azide groups is 1. The van der Waals surface area contributed by atoms with Gasteiger partial charge < -0.3 is 15.0 Å². The number of nitrogens with zero attached hydrogens (tertiary/aromatic N) is 4. The average molecular weight is 367 g/mol. The lowest BCUT2D eigenvalue weighted by atomic mass is 10.1. The number of hydrogen-bond donors (Lipinski definition) is 1. The van der Waals surface area contributed by atoms with Crippen molar-refractivity contribution in [3.8, 4) is 5.75 Å². The average Bonchev–Trinajstić information content (AvgIpc) is 2.69. The molecule has 0 radical (unpaired) electrons. The summed E-state index contributed by atoms with van der Waals surface area (Å²) in [5.41, 5.74) is 12.1. The summed E-state index contributed by atoms with van der Waals surface area (Å²) < 4.78 is 5.50. The molecule has 0 atom stereocenters. The lowest BCUT2D eigenvalue weighted by molar-refractivity contribution is 0.328. The molecular weight excluding hydrogens is 338 g/mol. The molecule has 6 heteroatoms. The van der Waals surface area contributed by atoms with E-state index < -0.39 is 0 Å². The van der Waals surface area contributed by atoms with Crippen LogP contribution in [0.1, 0.15) is 17.5 Å². The van der Waals surface area contributed by atoms with Crippen LogP contribution in [0.25, 0.3) is 10.4 Å². The molecular formula is C21H29N5O. The van der Waals surface area contributed by atoms with Gasteiger partial charge in [-0.15, -0.1) is 0 Å². The van der Waals surface area contributed by atoms with Crippen LogP contribution in [0.4, 0.5) is 5.69 Å². The predicted octanol–water partition coefficient (Wildman–Crippen LogP) is 4.21. The predicted molar refractivity (Wildman–Crippen MR) is 112 cm³/mol. The lowest BCUT2D eigenvalue weighted by Gasteiger charge is -2.12. The number of hydrogen-bond acceptors (Lipinski definition) is 4. The molecule has 0 heterocycles. The topological polar surface area (TPSA) is 73.3 Å². The van der Waals surface area contributed by atoms with E-state index in [-0.39, 0.29) is 0 Å². The zero-order chi connectivity index (χ0) is 19.3. The summed E-state index contributed by atoms with van der Waals surface area (Å²) in [6.07, 6.45) is 3.23. The molecule has 27 heavy (non-hydrogen) atoms. The standard InChI is InChI=1S/C21H29N5O/c1-26(2)20-9-5-18(6-10-20)4-3-14-23-15-13-19-7-11-21(12-8-19)27-17-16-24-25-22/h5-12,23H,3-4,13-17H2,1-2H3. The van der Waals surface area contributed by atoms with Crippen molar-refractivity contribution in [3.05, 3.63) is 70.1 Å². The molecule has 0 bridgehead atoms. The van der Waals surface area contributed by atoms with E-state index >= 15 is 0 Å². The molecule has 2 rings (SSSR count). The Morgan fingerprint density at radius 3 is 2.30 bits per heavy atom. The Morgan fingerprint density at radius 2 is 1.63 bits per heavy atom. The van der Waals surface area contributed by atoms with Gasteiger partial charge in [0.15, 0.2) is 0 Å². The van der Waals surface area contributed by atoms with Gasteiger partial charge >= 0.3 is 0 Å². The first-order chi connectivity index (χ1) is 13.2. The van der Waals surface area contributed by atoms with Gasteiger partial charge in [-0.05, 0) is 73.3 Å². The first-order valence-corrected chi connectivity index (χ1v) is 9.38. The van der Waals surface area contributed by atoms with Crippen LogP contribution >= 0.6 is 0 Å². The van der Waals surface area contributed by atoms with E-state index in [1.165, 1.54) is 16.8 Å². The maximum Gasteiger partial charge on any atom is 0.119 e. The Labute approximate surface area is 161 Å². The first-order valence-electron chi connectivity index (χ1n) is 9.38. The van der Waals surface area contributed by atoms with Gasteiger partial charge in [0.2, 0.25) is 0 Å². The third kappa shape index (κ3) is 8.03. The minimum atomic E-state index is 0.349. The van der Waals surface area contributed by atoms with Crippen LogP contribution in [-0.4, -0.2) is 40.3 Å². The number of anilines is 1. The number of aryl methyl sites for hydroxylation is 1. The highest BCUT2D eigenvalue weighted by atomic mass is 16.5. The van der Waals surface area contributed by atoms with Gasteiger partial charge in [0.1, 0.15) is 5.75 Å². The Bertz CT molecular complexity index is 706. The molecule has 0 aromatic heterocycles. The van der Waals surface area contributed by atoms with Crippen molar-refractivity contribution in [2.75, 3.05) is 45.2 Å². The molecule has 0 fully saturated rings. The highest BCUT2D eigenvalue weighted by molar-refractivity contribution is 5.46. The Kier molecular flexibility index (Phi) is 9.04. The molecule has 0 spiro atoms. The van der Waals surface area contributed by atoms with Crippen LogP contribution in [0.5, 0.6) is 5.75 Å². The van der Waals surface area contributed by atoms with E-state index in [0.717, 1.165) is 38.1 Å². The molecule has 2 aromatic carbocycles. The zero-order valence-corrected chi connectivity index (χ0v) is 16.3. The first kappa shape index (κ1) is 20.6. The SMILES string of the molecule is CN(C)c1ccc(CCCNCCc2ccc(OCCN=[N+]=[N-])cc2)cc1. The molecule has 0 aliphatic heterocycles. The van der Waals surface area contributed by atoms with Crippen molar-refractivity contribution < 1.29 is 4.74 Å². The summed E-state index contributed by atoms with van der Waals surface area (Å²) in [6.45, 7) is 2.75. The van der Waals surface area contributed by atoms with Crippen LogP contribution < -0.4 is 15.0 Å². The number of ether oxygens (including phenoxy) is 1. The third-order valence-corrected chi connectivity index (χ3v) is 4.31. The van der Waals surface area contributed by atoms with Crippen LogP contribution in [0.15, 0.2) is 53.6 Å². The summed E-state index contributed by atoms with van der Waals surface area (Å²) in [5.74, 6) is 0.806. The highest BCUT2D eigenvalue weighted by Gasteiger charge is 1.98. The lowest BCUT2D eigenvalue weighted by Crippen LogP contribution is -2.19. The Balaban J connectivity index is 1.57. The van der Waals surface area contributed by atoms with Crippen LogP contribution in [-0.2, 0) is 12.8 Å². The zero-order valence-electron chi connectivity index (χ0n) is 16.3. The van der Waals surface area contributed by atoms with Crippen molar-refractivity contribution in [2.24, 2.45) is 5.11 Å². The van der Waals surface area contributed by atoms with Crippen molar-refractivity contribution in [2.45, 2.75) is 19.3 Å². The third-order valence-electron chi connectivity index (χ3n) is 4.31. The second-order valence-corrected chi connectivity index (χ2v) is 6.61. The van der Waals surface area contributed by atoms with Crippen LogP contribution in [0, 0.1) is 0 Å². The molecule has 0 amide bonds. The summed E-state index contributed by atoms with van der Waals surface area (Å²) >= 11 is 0. The number of rotatable bonds is 12. The van der Waals surface area contributed by atoms with E-state index in [9.17, 15) is 0 Å². The van der Waals surface area contributed by atoms with E-state index in [1.54, 1.807) is 0 Å². The molecule has 0 saturated heterocycles. The number of benzene rings is 2. The van der Waals surface area contributed by atoms with Gasteiger partial charge in [-0.1, -0.05) is 29.4 Å². The smallest absolute Gasteiger partial charge is 0.119 e. The molecule has 1 N–H and O–H groups in total. The minimum absolute atomic E-state index is 0.349. The summed E-state index contributed by atoms with van der Waals surface area (Å²) in [5, 5.41) is 6.96. The largest absolute Gasteiger partial charge is 0.493 e. The molecule has 0 saturated carbocycles. The van der Waals surface area contributed by atoms with Gasteiger partial charge in [0.05, 0.1) is 13.2 Å². The fraction of sp³-hybridized carbons (Fsp3) is 0.429. The fourth-order valence-electron chi connectivity index (χ4n) is 2.74. The summed E-state index contributed by atoms with van der Waals surface area (Å²) in [7, 11) is 4.12. The van der Waals surface area contributed by atoms with E-state index in [2.05, 4.69) is 70.7 Å². The molecule has 0 unspecified atom stereocenters. The number of nitrogens with one attached hydrogen (secondary N) is 1. The van der Waals surface area contributed by atoms with E-state index in [0.29, 0.717) is 13.2 Å². The summed E-state index contributed by atoms with van der Waals surface area (Å²) in [4.78, 5) is 4.82. The van der Waals surface area contributed by atoms with Gasteiger partial charge in [-0.3, -0.25) is 0 Å². The van der Waals surface area contributed by atoms with Crippen molar-refractivity contribution in [3.63, 3.8) is 0 Å². The van der Waals surface area contributed by atoms with Crippen molar-refractivity contribution in [1.82, 2.24) is 5.32 Å². The molecule has 0 aliphatic carbocycles. The van der Waals surface area contributed by atoms with Gasteiger partial charge in [0, 0.05) is 24.7 Å². The molecule has 144 valence electrons. The monoisotopic (exact) mass is 367 g/mol. The Hall–Kier alpha value is -2.69. The quantitative estimate of drug-likeness (QED) is 0.264. The molecule has 0 aliphatic rings. The second-order valence-electron chi connectivity index (χ2n) is 6.61. The van der Waals surface area contributed by atoms with Crippen molar-refractivity contribution >= 4 is 5.69 Å². The van der Waals surface area contributed by atoms with Crippen LogP contribution in [0.3, 0.4) is 0 Å². The van der Waals surface area contributed by atoms with E-state index in [4.69, 9.17) is 10.3 Å². The maximum atomic E-state index is 8.22. The molecule has 2 aromatic rings. The minimum Gasteiger partial charge on any atom is -0.493 e. The van der Waals surface area contributed by atoms with Gasteiger partial charge in [0.25, 0.3) is 0 Å². The normalized spacial score (nSPS) is 10.3. The van der Waals surface area contributed by atoms with Gasteiger partial charge in [-0.2, -0.15) is 0 Å². The van der Waals surface area contributed by atoms with Crippen molar-refractivity contribution in [1.29, 1.82) is 0 Å². The van der Waals surface area contributed by atoms with Crippen LogP contribution in [0.2, 0.25) is 0 Å². The fourth-order valence-corrected chi connectivity index (χ4v) is 2.74. The van der Waals surface area contributed by atoms with Gasteiger partial charge in [-0.25, -0.2) is 0 Å². The van der Waals surface area contributed by atoms with E-state index in [1.807, 2.05) is 12.1 Å². The molecule has 6 nitrogen and oxygen atoms in total. The Morgan fingerprint density at radius 1 is 0.963 bits per heavy atom. The maximum absolute atomic E-state index is 8.22.